The molecule has 5 heteroatoms. The minimum atomic E-state index is -0.0334. The van der Waals surface area contributed by atoms with E-state index in [1.54, 1.807) is 12.3 Å². The summed E-state index contributed by atoms with van der Waals surface area (Å²) in [4.78, 5) is 13.7. The summed E-state index contributed by atoms with van der Waals surface area (Å²) in [5.41, 5.74) is 0.839. The Bertz CT molecular complexity index is 374. The summed E-state index contributed by atoms with van der Waals surface area (Å²) < 4.78 is 1.50. The Labute approximate surface area is 96.1 Å². The van der Waals surface area contributed by atoms with Crippen LogP contribution in [0.5, 0.6) is 0 Å². The third kappa shape index (κ3) is 3.34. The van der Waals surface area contributed by atoms with Crippen LogP contribution < -0.4 is 15.8 Å². The molecule has 0 unspecified atom stereocenters. The van der Waals surface area contributed by atoms with E-state index in [0.29, 0.717) is 6.54 Å². The maximum Gasteiger partial charge on any atom is 0.268 e. The Morgan fingerprint density at radius 1 is 1.56 bits per heavy atom. The molecule has 0 aliphatic heterocycles. The zero-order valence-electron chi connectivity index (χ0n) is 10.2. The summed E-state index contributed by atoms with van der Waals surface area (Å²) >= 11 is 0. The molecule has 0 aliphatic carbocycles. The van der Waals surface area contributed by atoms with Crippen LogP contribution in [0.15, 0.2) is 17.1 Å². The van der Waals surface area contributed by atoms with Crippen molar-refractivity contribution in [2.45, 2.75) is 19.9 Å². The highest BCUT2D eigenvalue weighted by Gasteiger charge is 2.02. The van der Waals surface area contributed by atoms with Crippen LogP contribution in [-0.4, -0.2) is 37.0 Å². The van der Waals surface area contributed by atoms with Gasteiger partial charge >= 0.3 is 0 Å². The van der Waals surface area contributed by atoms with Gasteiger partial charge < -0.3 is 10.2 Å². The van der Waals surface area contributed by atoms with Gasteiger partial charge in [0.1, 0.15) is 0 Å². The minimum Gasteiger partial charge on any atom is -0.373 e. The fourth-order valence-corrected chi connectivity index (χ4v) is 1.39. The van der Waals surface area contributed by atoms with Gasteiger partial charge in [-0.2, -0.15) is 5.10 Å². The molecule has 0 aromatic carbocycles. The highest BCUT2D eigenvalue weighted by atomic mass is 16.1. The second-order valence-corrected chi connectivity index (χ2v) is 3.75. The Morgan fingerprint density at radius 3 is 2.88 bits per heavy atom. The van der Waals surface area contributed by atoms with E-state index in [-0.39, 0.29) is 5.56 Å². The molecule has 0 bridgehead atoms. The van der Waals surface area contributed by atoms with Gasteiger partial charge in [0, 0.05) is 26.2 Å². The van der Waals surface area contributed by atoms with Crippen molar-refractivity contribution >= 4 is 5.69 Å². The van der Waals surface area contributed by atoms with Gasteiger partial charge in [0.25, 0.3) is 5.56 Å². The van der Waals surface area contributed by atoms with Crippen molar-refractivity contribution in [2.75, 3.05) is 32.1 Å². The van der Waals surface area contributed by atoms with Gasteiger partial charge in [0.05, 0.1) is 11.9 Å². The zero-order valence-corrected chi connectivity index (χ0v) is 10.2. The molecule has 0 amide bonds. The van der Waals surface area contributed by atoms with Crippen LogP contribution in [0.2, 0.25) is 0 Å². The quantitative estimate of drug-likeness (QED) is 0.707. The van der Waals surface area contributed by atoms with Crippen LogP contribution in [0, 0.1) is 0 Å². The topological polar surface area (TPSA) is 50.2 Å². The maximum absolute atomic E-state index is 11.7. The first kappa shape index (κ1) is 12.7. The molecule has 0 atom stereocenters. The second kappa shape index (κ2) is 6.27. The van der Waals surface area contributed by atoms with Crippen molar-refractivity contribution < 1.29 is 0 Å². The van der Waals surface area contributed by atoms with Crippen LogP contribution in [0.25, 0.3) is 0 Å². The number of aromatic nitrogens is 2. The molecule has 0 fully saturated rings. The smallest absolute Gasteiger partial charge is 0.268 e. The predicted molar refractivity (Wildman–Crippen MR) is 66.0 cm³/mol. The number of hydrogen-bond acceptors (Lipinski definition) is 4. The van der Waals surface area contributed by atoms with Crippen LogP contribution >= 0.6 is 0 Å². The summed E-state index contributed by atoms with van der Waals surface area (Å²) in [5, 5.41) is 7.20. The van der Waals surface area contributed by atoms with E-state index < -0.39 is 0 Å². The van der Waals surface area contributed by atoms with Gasteiger partial charge in [-0.15, -0.1) is 0 Å². The highest BCUT2D eigenvalue weighted by Crippen LogP contribution is 2.05. The van der Waals surface area contributed by atoms with Crippen LogP contribution in [-0.2, 0) is 6.54 Å². The molecule has 16 heavy (non-hydrogen) atoms. The van der Waals surface area contributed by atoms with Crippen molar-refractivity contribution in [3.05, 3.63) is 22.6 Å². The fourth-order valence-electron chi connectivity index (χ4n) is 1.39. The van der Waals surface area contributed by atoms with Gasteiger partial charge in [0.2, 0.25) is 0 Å². The van der Waals surface area contributed by atoms with Gasteiger partial charge in [-0.1, -0.05) is 0 Å². The molecule has 1 aromatic heterocycles. The summed E-state index contributed by atoms with van der Waals surface area (Å²) in [5.74, 6) is 0. The Hall–Kier alpha value is -1.36. The lowest BCUT2D eigenvalue weighted by Crippen LogP contribution is -2.26. The van der Waals surface area contributed by atoms with Crippen molar-refractivity contribution in [1.82, 2.24) is 15.1 Å². The van der Waals surface area contributed by atoms with Gasteiger partial charge in [0.15, 0.2) is 0 Å². The van der Waals surface area contributed by atoms with Crippen LogP contribution in [0.4, 0.5) is 5.69 Å². The lowest BCUT2D eigenvalue weighted by Gasteiger charge is -2.16. The van der Waals surface area contributed by atoms with Gasteiger partial charge in [-0.25, -0.2) is 4.68 Å². The van der Waals surface area contributed by atoms with E-state index in [1.165, 1.54) is 4.68 Å². The van der Waals surface area contributed by atoms with E-state index in [1.807, 2.05) is 25.9 Å². The SMILES string of the molecule is CCN(C)c1cnn(CCCNC)c(=O)c1. The molecule has 5 nitrogen and oxygen atoms in total. The van der Waals surface area contributed by atoms with Crippen molar-refractivity contribution in [1.29, 1.82) is 0 Å². The lowest BCUT2D eigenvalue weighted by atomic mass is 10.4. The maximum atomic E-state index is 11.7. The first-order valence-electron chi connectivity index (χ1n) is 5.62. The molecule has 1 N–H and O–H groups in total. The van der Waals surface area contributed by atoms with Crippen molar-refractivity contribution in [3.8, 4) is 0 Å². The molecule has 1 rings (SSSR count). The average molecular weight is 224 g/mol. The minimum absolute atomic E-state index is 0.0334. The highest BCUT2D eigenvalue weighted by molar-refractivity contribution is 5.41. The molecule has 90 valence electrons. The summed E-state index contributed by atoms with van der Waals surface area (Å²) in [6.07, 6.45) is 2.65. The predicted octanol–water partition coefficient (Wildman–Crippen LogP) is 0.309. The summed E-state index contributed by atoms with van der Waals surface area (Å²) in [6, 6.07) is 1.63. The molecule has 0 saturated carbocycles. The van der Waals surface area contributed by atoms with E-state index in [2.05, 4.69) is 10.4 Å². The third-order valence-electron chi connectivity index (χ3n) is 2.57. The second-order valence-electron chi connectivity index (χ2n) is 3.75. The van der Waals surface area contributed by atoms with E-state index >= 15 is 0 Å². The van der Waals surface area contributed by atoms with E-state index in [9.17, 15) is 4.79 Å². The summed E-state index contributed by atoms with van der Waals surface area (Å²) in [6.45, 7) is 4.46. The van der Waals surface area contributed by atoms with Gasteiger partial charge in [-0.05, 0) is 26.9 Å². The number of aryl methyl sites for hydroxylation is 1. The molecule has 0 radical (unpaired) electrons. The molecule has 1 aromatic rings. The standard InChI is InChI=1S/C11H20N4O/c1-4-14(3)10-8-11(16)15(13-9-10)7-5-6-12-2/h8-9,12H,4-7H2,1-3H3. The molecule has 0 spiro atoms. The van der Waals surface area contributed by atoms with Crippen molar-refractivity contribution in [3.63, 3.8) is 0 Å². The first-order valence-corrected chi connectivity index (χ1v) is 5.62. The number of nitrogens with zero attached hydrogens (tertiary/aromatic N) is 3. The van der Waals surface area contributed by atoms with Gasteiger partial charge in [-0.3, -0.25) is 4.79 Å². The molecule has 0 saturated heterocycles. The van der Waals surface area contributed by atoms with Crippen molar-refractivity contribution in [2.24, 2.45) is 0 Å². The Morgan fingerprint density at radius 2 is 2.31 bits per heavy atom. The molecular formula is C11H20N4O. The third-order valence-corrected chi connectivity index (χ3v) is 2.57. The zero-order chi connectivity index (χ0) is 12.0. The van der Waals surface area contributed by atoms with Crippen LogP contribution in [0.3, 0.4) is 0 Å². The lowest BCUT2D eigenvalue weighted by molar-refractivity contribution is 0.536. The molecule has 0 aliphatic rings. The normalized spacial score (nSPS) is 10.4. The number of rotatable bonds is 6. The van der Waals surface area contributed by atoms with E-state index in [4.69, 9.17) is 0 Å². The number of hydrogen-bond donors (Lipinski definition) is 1. The summed E-state index contributed by atoms with van der Waals surface area (Å²) in [7, 11) is 3.84. The largest absolute Gasteiger partial charge is 0.373 e. The van der Waals surface area contributed by atoms with E-state index in [0.717, 1.165) is 25.2 Å². The Balaban J connectivity index is 2.72. The number of anilines is 1. The number of nitrogens with one attached hydrogen (secondary N) is 1. The first-order chi connectivity index (χ1) is 7.69. The molecular weight excluding hydrogens is 204 g/mol. The monoisotopic (exact) mass is 224 g/mol. The fraction of sp³-hybridized carbons (Fsp3) is 0.636. The molecule has 1 heterocycles. The van der Waals surface area contributed by atoms with Crippen LogP contribution in [0.1, 0.15) is 13.3 Å². The Kier molecular flexibility index (Phi) is 4.98. The average Bonchev–Trinajstić information content (AvgIpc) is 2.30.